The predicted octanol–water partition coefficient (Wildman–Crippen LogP) is 3.99. The molecule has 0 saturated heterocycles. The van der Waals surface area contributed by atoms with Gasteiger partial charge in [0.25, 0.3) is 5.91 Å². The van der Waals surface area contributed by atoms with Crippen LogP contribution in [0.3, 0.4) is 0 Å². The van der Waals surface area contributed by atoms with Crippen molar-refractivity contribution in [1.82, 2.24) is 5.32 Å². The first-order valence-corrected chi connectivity index (χ1v) is 9.30. The van der Waals surface area contributed by atoms with Crippen LogP contribution >= 0.6 is 0 Å². The lowest BCUT2D eigenvalue weighted by molar-refractivity contribution is -0.123. The van der Waals surface area contributed by atoms with Gasteiger partial charge in [-0.25, -0.2) is 0 Å². The minimum Gasteiger partial charge on any atom is -0.493 e. The number of hydrogen-bond donors (Lipinski definition) is 1. The summed E-state index contributed by atoms with van der Waals surface area (Å²) in [7, 11) is 3.16. The maximum Gasteiger partial charge on any atom is 0.258 e. The Hall–Kier alpha value is -2.89. The summed E-state index contributed by atoms with van der Waals surface area (Å²) in [6, 6.07) is 12.7. The van der Waals surface area contributed by atoms with Gasteiger partial charge in [-0.15, -0.1) is 0 Å². The van der Waals surface area contributed by atoms with E-state index in [-0.39, 0.29) is 18.6 Å². The molecule has 0 fully saturated rings. The Morgan fingerprint density at radius 1 is 0.893 bits per heavy atom. The molecule has 2 aromatic rings. The lowest BCUT2D eigenvalue weighted by atomic mass is 10.1. The number of amides is 1. The second-order valence-corrected chi connectivity index (χ2v) is 6.84. The molecular weight excluding hydrogens is 358 g/mol. The molecule has 0 heterocycles. The zero-order valence-electron chi connectivity index (χ0n) is 17.2. The van der Waals surface area contributed by atoms with E-state index in [1.807, 2.05) is 37.3 Å². The van der Waals surface area contributed by atoms with Crippen LogP contribution in [0.2, 0.25) is 0 Å². The Morgan fingerprint density at radius 3 is 2.18 bits per heavy atom. The van der Waals surface area contributed by atoms with Gasteiger partial charge in [-0.1, -0.05) is 32.0 Å². The second-order valence-electron chi connectivity index (χ2n) is 6.84. The van der Waals surface area contributed by atoms with Crippen molar-refractivity contribution in [3.63, 3.8) is 0 Å². The highest BCUT2D eigenvalue weighted by Crippen LogP contribution is 2.31. The van der Waals surface area contributed by atoms with Crippen molar-refractivity contribution in [2.75, 3.05) is 27.4 Å². The van der Waals surface area contributed by atoms with Gasteiger partial charge in [-0.05, 0) is 42.7 Å². The molecule has 0 spiro atoms. The number of benzene rings is 2. The third-order valence-electron chi connectivity index (χ3n) is 4.07. The van der Waals surface area contributed by atoms with Crippen LogP contribution in [0.25, 0.3) is 0 Å². The van der Waals surface area contributed by atoms with Gasteiger partial charge in [-0.2, -0.15) is 0 Å². The minimum absolute atomic E-state index is 0.0998. The van der Waals surface area contributed by atoms with Crippen molar-refractivity contribution in [2.24, 2.45) is 5.92 Å². The number of methoxy groups -OCH3 is 2. The minimum atomic E-state index is -0.225. The van der Waals surface area contributed by atoms with Gasteiger partial charge in [0.05, 0.1) is 26.9 Å². The standard InChI is InChI=1S/C22H29NO5/c1-15(2)13-27-20-11-10-17(12-21(20)26-5)16(3)23-22(24)14-28-19-9-7-6-8-18(19)25-4/h6-12,15-16H,13-14H2,1-5H3,(H,23,24). The molecule has 152 valence electrons. The number of rotatable bonds is 10. The van der Waals surface area contributed by atoms with Crippen LogP contribution in [-0.4, -0.2) is 33.3 Å². The maximum absolute atomic E-state index is 12.3. The van der Waals surface area contributed by atoms with Crippen molar-refractivity contribution in [3.05, 3.63) is 48.0 Å². The third-order valence-corrected chi connectivity index (χ3v) is 4.07. The summed E-state index contributed by atoms with van der Waals surface area (Å²) in [5.74, 6) is 2.65. The molecule has 2 aromatic carbocycles. The van der Waals surface area contributed by atoms with Crippen molar-refractivity contribution < 1.29 is 23.7 Å². The van der Waals surface area contributed by atoms with E-state index in [0.29, 0.717) is 35.5 Å². The molecule has 0 radical (unpaired) electrons. The topological polar surface area (TPSA) is 66.0 Å². The van der Waals surface area contributed by atoms with E-state index in [1.54, 1.807) is 26.4 Å². The van der Waals surface area contributed by atoms with Crippen LogP contribution in [-0.2, 0) is 4.79 Å². The average molecular weight is 387 g/mol. The fraction of sp³-hybridized carbons (Fsp3) is 0.409. The summed E-state index contributed by atoms with van der Waals surface area (Å²) in [5.41, 5.74) is 0.916. The molecule has 0 aliphatic rings. The molecule has 1 atom stereocenters. The van der Waals surface area contributed by atoms with E-state index >= 15 is 0 Å². The van der Waals surface area contributed by atoms with Crippen LogP contribution in [0, 0.1) is 5.92 Å². The lowest BCUT2D eigenvalue weighted by Gasteiger charge is -2.18. The quantitative estimate of drug-likeness (QED) is 0.668. The van der Waals surface area contributed by atoms with Crippen molar-refractivity contribution >= 4 is 5.91 Å². The highest BCUT2D eigenvalue weighted by atomic mass is 16.5. The molecule has 1 N–H and O–H groups in total. The molecular formula is C22H29NO5. The van der Waals surface area contributed by atoms with Crippen molar-refractivity contribution in [3.8, 4) is 23.0 Å². The second kappa shape index (κ2) is 10.4. The fourth-order valence-electron chi connectivity index (χ4n) is 2.58. The number of nitrogens with one attached hydrogen (secondary N) is 1. The van der Waals surface area contributed by atoms with Crippen LogP contribution in [0.15, 0.2) is 42.5 Å². The highest BCUT2D eigenvalue weighted by molar-refractivity contribution is 5.78. The Kier molecular flexibility index (Phi) is 7.99. The van der Waals surface area contributed by atoms with E-state index in [9.17, 15) is 4.79 Å². The lowest BCUT2D eigenvalue weighted by Crippen LogP contribution is -2.31. The summed E-state index contributed by atoms with van der Waals surface area (Å²) in [5, 5.41) is 2.92. The third kappa shape index (κ3) is 6.08. The molecule has 1 unspecified atom stereocenters. The average Bonchev–Trinajstić information content (AvgIpc) is 2.70. The number of ether oxygens (including phenoxy) is 4. The molecule has 2 rings (SSSR count). The van der Waals surface area contributed by atoms with Crippen LogP contribution < -0.4 is 24.3 Å². The van der Waals surface area contributed by atoms with Crippen LogP contribution in [0.1, 0.15) is 32.4 Å². The van der Waals surface area contributed by atoms with Gasteiger partial charge in [0, 0.05) is 0 Å². The summed E-state index contributed by atoms with van der Waals surface area (Å²) in [6.07, 6.45) is 0. The predicted molar refractivity (Wildman–Crippen MR) is 108 cm³/mol. The molecule has 6 heteroatoms. The van der Waals surface area contributed by atoms with Crippen LogP contribution in [0.4, 0.5) is 0 Å². The summed E-state index contributed by atoms with van der Waals surface area (Å²) >= 11 is 0. The molecule has 0 aromatic heterocycles. The zero-order chi connectivity index (χ0) is 20.5. The first-order valence-electron chi connectivity index (χ1n) is 9.30. The smallest absolute Gasteiger partial charge is 0.258 e. The van der Waals surface area contributed by atoms with Crippen molar-refractivity contribution in [2.45, 2.75) is 26.8 Å². The van der Waals surface area contributed by atoms with Gasteiger partial charge >= 0.3 is 0 Å². The summed E-state index contributed by atoms with van der Waals surface area (Å²) in [4.78, 5) is 12.3. The molecule has 6 nitrogen and oxygen atoms in total. The zero-order valence-corrected chi connectivity index (χ0v) is 17.2. The van der Waals surface area contributed by atoms with Crippen molar-refractivity contribution in [1.29, 1.82) is 0 Å². The molecule has 0 aliphatic heterocycles. The number of carbonyl (C=O) groups excluding carboxylic acids is 1. The molecule has 1 amide bonds. The van der Waals surface area contributed by atoms with E-state index in [0.717, 1.165) is 5.56 Å². The van der Waals surface area contributed by atoms with Gasteiger partial charge in [0.15, 0.2) is 29.6 Å². The Bertz CT molecular complexity index is 775. The molecule has 0 aliphatic carbocycles. The van der Waals surface area contributed by atoms with E-state index in [2.05, 4.69) is 19.2 Å². The largest absolute Gasteiger partial charge is 0.493 e. The molecule has 28 heavy (non-hydrogen) atoms. The fourth-order valence-corrected chi connectivity index (χ4v) is 2.58. The molecule has 0 bridgehead atoms. The van der Waals surface area contributed by atoms with E-state index in [1.165, 1.54) is 0 Å². The normalized spacial score (nSPS) is 11.6. The summed E-state index contributed by atoms with van der Waals surface area (Å²) < 4.78 is 22.0. The first-order chi connectivity index (χ1) is 13.4. The van der Waals surface area contributed by atoms with Crippen LogP contribution in [0.5, 0.6) is 23.0 Å². The number of carbonyl (C=O) groups is 1. The Balaban J connectivity index is 1.95. The number of hydrogen-bond acceptors (Lipinski definition) is 5. The SMILES string of the molecule is COc1ccccc1OCC(=O)NC(C)c1ccc(OCC(C)C)c(OC)c1. The Labute approximate surface area is 166 Å². The first kappa shape index (κ1) is 21.4. The van der Waals surface area contributed by atoms with E-state index in [4.69, 9.17) is 18.9 Å². The molecule has 0 saturated carbocycles. The van der Waals surface area contributed by atoms with Gasteiger partial charge in [-0.3, -0.25) is 4.79 Å². The number of para-hydroxylation sites is 2. The van der Waals surface area contributed by atoms with E-state index < -0.39 is 0 Å². The monoisotopic (exact) mass is 387 g/mol. The summed E-state index contributed by atoms with van der Waals surface area (Å²) in [6.45, 7) is 6.60. The van der Waals surface area contributed by atoms with Gasteiger partial charge in [0.1, 0.15) is 0 Å². The van der Waals surface area contributed by atoms with Gasteiger partial charge < -0.3 is 24.3 Å². The highest BCUT2D eigenvalue weighted by Gasteiger charge is 2.14. The maximum atomic E-state index is 12.3. The Morgan fingerprint density at radius 2 is 1.54 bits per heavy atom. The van der Waals surface area contributed by atoms with Gasteiger partial charge in [0.2, 0.25) is 0 Å².